The molecule has 1 aliphatic carbocycles. The number of allylic oxidation sites excluding steroid dienone is 2. The normalized spacial score (nSPS) is 14.4. The Hall–Kier alpha value is -4.33. The highest BCUT2D eigenvalue weighted by atomic mass is 16.1. The molecule has 0 fully saturated rings. The first kappa shape index (κ1) is 26.7. The highest BCUT2D eigenvalue weighted by molar-refractivity contribution is 6.23. The lowest BCUT2D eigenvalue weighted by Crippen LogP contribution is -2.30. The topological polar surface area (TPSA) is 91.6 Å². The number of aliphatic imine (C=N–C) groups is 1. The Morgan fingerprint density at radius 3 is 2.39 bits per heavy atom. The molecule has 0 spiro atoms. The maximum Gasteiger partial charge on any atom is 0.243 e. The van der Waals surface area contributed by atoms with E-state index in [9.17, 15) is 4.79 Å². The van der Waals surface area contributed by atoms with Crippen LogP contribution in [0.5, 0.6) is 0 Å². The van der Waals surface area contributed by atoms with E-state index in [1.807, 2.05) is 54.2 Å². The molecule has 8 nitrogen and oxygen atoms in total. The quantitative estimate of drug-likeness (QED) is 0.199. The predicted octanol–water partition coefficient (Wildman–Crippen LogP) is 4.54. The van der Waals surface area contributed by atoms with Crippen molar-refractivity contribution in [2.75, 3.05) is 28.6 Å². The average Bonchev–Trinajstić information content (AvgIpc) is 3.31. The van der Waals surface area contributed by atoms with Crippen LogP contribution in [0, 0.1) is 0 Å². The van der Waals surface area contributed by atoms with Crippen LogP contribution in [0.2, 0.25) is 0 Å². The Morgan fingerprint density at radius 2 is 1.76 bits per heavy atom. The van der Waals surface area contributed by atoms with Crippen LogP contribution in [0.1, 0.15) is 27.2 Å². The second kappa shape index (κ2) is 12.3. The molecule has 0 unspecified atom stereocenters. The van der Waals surface area contributed by atoms with Gasteiger partial charge < -0.3 is 21.3 Å². The van der Waals surface area contributed by atoms with Gasteiger partial charge in [-0.25, -0.2) is 14.1 Å². The van der Waals surface area contributed by atoms with Gasteiger partial charge >= 0.3 is 0 Å². The van der Waals surface area contributed by atoms with Crippen LogP contribution < -0.4 is 25.8 Å². The van der Waals surface area contributed by atoms with Gasteiger partial charge in [-0.1, -0.05) is 0 Å². The molecule has 8 heteroatoms. The summed E-state index contributed by atoms with van der Waals surface area (Å²) < 4.78 is 4.21. The summed E-state index contributed by atoms with van der Waals surface area (Å²) in [6.45, 7) is 9.27. The minimum atomic E-state index is -0.173. The van der Waals surface area contributed by atoms with Crippen molar-refractivity contribution in [3.05, 3.63) is 90.8 Å². The summed E-state index contributed by atoms with van der Waals surface area (Å²) in [7, 11) is 2.02. The number of ketones is 1. The third-order valence-corrected chi connectivity index (χ3v) is 6.43. The van der Waals surface area contributed by atoms with Crippen molar-refractivity contribution in [3.63, 3.8) is 0 Å². The Labute approximate surface area is 225 Å². The lowest BCUT2D eigenvalue weighted by atomic mass is 10.1. The van der Waals surface area contributed by atoms with Crippen LogP contribution in [-0.2, 0) is 18.4 Å². The van der Waals surface area contributed by atoms with Crippen LogP contribution in [0.3, 0.4) is 0 Å². The summed E-state index contributed by atoms with van der Waals surface area (Å²) in [5.74, 6) is -0.173. The summed E-state index contributed by atoms with van der Waals surface area (Å²) in [5.41, 5.74) is 11.3. The second-order valence-electron chi connectivity index (χ2n) is 9.71. The van der Waals surface area contributed by atoms with E-state index in [4.69, 9.17) is 10.7 Å². The van der Waals surface area contributed by atoms with E-state index in [1.54, 1.807) is 6.08 Å². The molecule has 1 aromatic heterocycles. The van der Waals surface area contributed by atoms with Crippen molar-refractivity contribution in [1.29, 1.82) is 0 Å². The van der Waals surface area contributed by atoms with Gasteiger partial charge in [0, 0.05) is 48.7 Å². The molecule has 3 aromatic rings. The fraction of sp³-hybridized carbons (Fsp3) is 0.300. The molecule has 38 heavy (non-hydrogen) atoms. The first-order valence-electron chi connectivity index (χ1n) is 13.1. The lowest BCUT2D eigenvalue weighted by Gasteiger charge is -2.27. The maximum absolute atomic E-state index is 12.6. The van der Waals surface area contributed by atoms with Gasteiger partial charge in [-0.05, 0) is 75.4 Å². The number of aromatic nitrogens is 2. The van der Waals surface area contributed by atoms with Crippen molar-refractivity contribution >= 4 is 34.2 Å². The summed E-state index contributed by atoms with van der Waals surface area (Å²) in [5, 5.41) is 6.66. The number of carbonyl (C=O) groups is 1. The Kier molecular flexibility index (Phi) is 8.63. The predicted molar refractivity (Wildman–Crippen MR) is 156 cm³/mol. The highest BCUT2D eigenvalue weighted by Gasteiger charge is 2.17. The van der Waals surface area contributed by atoms with Crippen LogP contribution in [-0.4, -0.2) is 35.2 Å². The standard InChI is InChI=1S/C30H37N7O/c1-5-37(22(2)3)26-13-11-25(12-14-26)33-28-20-29(30(38)19-27(28)31)34-24-9-7-23(8-10-24)32-15-6-16-36-18-17-35(4)21-36/h7-14,17-22H,5-6,15-16H2,1-4H3,(H3-,31,32,33,34,38)/p+1. The van der Waals surface area contributed by atoms with Gasteiger partial charge in [-0.15, -0.1) is 0 Å². The third kappa shape index (κ3) is 6.91. The van der Waals surface area contributed by atoms with Gasteiger partial charge in [0.1, 0.15) is 12.4 Å². The number of nitrogens with zero attached hydrogens (tertiary/aromatic N) is 4. The van der Waals surface area contributed by atoms with Crippen molar-refractivity contribution in [2.45, 2.75) is 39.8 Å². The number of hydrogen-bond donors (Lipinski definition) is 3. The zero-order valence-corrected chi connectivity index (χ0v) is 22.7. The zero-order chi connectivity index (χ0) is 27.1. The molecular formula is C30H38N7O+. The molecule has 0 radical (unpaired) electrons. The van der Waals surface area contributed by atoms with E-state index >= 15 is 0 Å². The molecule has 0 amide bonds. The van der Waals surface area contributed by atoms with Gasteiger partial charge in [0.2, 0.25) is 12.1 Å². The molecule has 1 heterocycles. The molecule has 2 aromatic carbocycles. The average molecular weight is 513 g/mol. The van der Waals surface area contributed by atoms with E-state index in [0.29, 0.717) is 23.1 Å². The number of hydrogen-bond acceptors (Lipinski definition) is 6. The number of anilines is 3. The molecular weight excluding hydrogens is 474 g/mol. The number of aryl methyl sites for hydroxylation is 2. The fourth-order valence-corrected chi connectivity index (χ4v) is 4.44. The van der Waals surface area contributed by atoms with Crippen LogP contribution in [0.25, 0.3) is 0 Å². The SMILES string of the molecule is CCN(c1ccc(/N=C2\C=C(Nc3ccc(NCCCn4cc[n+](C)c4)cc3)C(=O)C=C2N)cc1)C(C)C. The molecule has 4 rings (SSSR count). The number of nitrogens with two attached hydrogens (primary N) is 1. The van der Waals surface area contributed by atoms with Gasteiger partial charge in [-0.3, -0.25) is 4.79 Å². The molecule has 198 valence electrons. The van der Waals surface area contributed by atoms with Gasteiger partial charge in [0.05, 0.1) is 36.4 Å². The van der Waals surface area contributed by atoms with E-state index in [0.717, 1.165) is 48.8 Å². The van der Waals surface area contributed by atoms with Crippen LogP contribution in [0.15, 0.2) is 95.8 Å². The minimum absolute atomic E-state index is 0.173. The number of benzene rings is 2. The largest absolute Gasteiger partial charge is 0.397 e. The third-order valence-electron chi connectivity index (χ3n) is 6.43. The monoisotopic (exact) mass is 512 g/mol. The molecule has 4 N–H and O–H groups in total. The van der Waals surface area contributed by atoms with Crippen molar-refractivity contribution < 1.29 is 9.36 Å². The minimum Gasteiger partial charge on any atom is -0.397 e. The van der Waals surface area contributed by atoms with Crippen LogP contribution >= 0.6 is 0 Å². The summed E-state index contributed by atoms with van der Waals surface area (Å²) in [6.07, 6.45) is 10.3. The number of rotatable bonds is 11. The Bertz CT molecular complexity index is 1330. The molecule has 0 saturated carbocycles. The Morgan fingerprint density at radius 1 is 1.05 bits per heavy atom. The van der Waals surface area contributed by atoms with Crippen molar-refractivity contribution in [1.82, 2.24) is 4.57 Å². The molecule has 0 atom stereocenters. The number of nitrogens with one attached hydrogen (secondary N) is 2. The van der Waals surface area contributed by atoms with E-state index in [1.165, 1.54) is 6.08 Å². The number of imidazole rings is 1. The first-order chi connectivity index (χ1) is 18.3. The van der Waals surface area contributed by atoms with E-state index in [-0.39, 0.29) is 5.78 Å². The summed E-state index contributed by atoms with van der Waals surface area (Å²) in [6, 6.07) is 16.4. The van der Waals surface area contributed by atoms with Crippen molar-refractivity contribution in [2.24, 2.45) is 17.8 Å². The zero-order valence-electron chi connectivity index (χ0n) is 22.7. The first-order valence-corrected chi connectivity index (χ1v) is 13.1. The fourth-order valence-electron chi connectivity index (χ4n) is 4.44. The van der Waals surface area contributed by atoms with Crippen LogP contribution in [0.4, 0.5) is 22.7 Å². The molecule has 0 bridgehead atoms. The lowest BCUT2D eigenvalue weighted by molar-refractivity contribution is -0.671. The molecule has 0 aliphatic heterocycles. The van der Waals surface area contributed by atoms with Crippen molar-refractivity contribution in [3.8, 4) is 0 Å². The van der Waals surface area contributed by atoms with E-state index in [2.05, 4.69) is 65.5 Å². The van der Waals surface area contributed by atoms with E-state index < -0.39 is 0 Å². The smallest absolute Gasteiger partial charge is 0.243 e. The maximum atomic E-state index is 12.6. The summed E-state index contributed by atoms with van der Waals surface area (Å²) >= 11 is 0. The highest BCUT2D eigenvalue weighted by Crippen LogP contribution is 2.24. The van der Waals surface area contributed by atoms with Gasteiger partial charge in [0.15, 0.2) is 0 Å². The van der Waals surface area contributed by atoms with Gasteiger partial charge in [0.25, 0.3) is 0 Å². The summed E-state index contributed by atoms with van der Waals surface area (Å²) in [4.78, 5) is 19.6. The Balaban J connectivity index is 1.37. The molecule has 1 aliphatic rings. The number of carbonyl (C=O) groups excluding carboxylic acids is 1. The van der Waals surface area contributed by atoms with Gasteiger partial charge in [-0.2, -0.15) is 0 Å². The molecule has 0 saturated heterocycles. The second-order valence-corrected chi connectivity index (χ2v) is 9.71.